The SMILES string of the molecule is CC(C)C[C@H]1NC(C2CCNCC2)CNC1=O. The molecule has 4 heteroatoms. The lowest BCUT2D eigenvalue weighted by Crippen LogP contribution is -2.61. The largest absolute Gasteiger partial charge is 0.353 e. The van der Waals surface area contributed by atoms with Crippen LogP contribution in [0.5, 0.6) is 0 Å². The first kappa shape index (κ1) is 12.8. The van der Waals surface area contributed by atoms with Crippen LogP contribution in [0.3, 0.4) is 0 Å². The summed E-state index contributed by atoms with van der Waals surface area (Å²) >= 11 is 0. The van der Waals surface area contributed by atoms with Gasteiger partial charge in [0.1, 0.15) is 0 Å². The Morgan fingerprint density at radius 2 is 2.00 bits per heavy atom. The van der Waals surface area contributed by atoms with Gasteiger partial charge in [0.2, 0.25) is 5.91 Å². The van der Waals surface area contributed by atoms with Crippen LogP contribution in [-0.2, 0) is 4.79 Å². The molecule has 2 rings (SSSR count). The molecule has 2 aliphatic heterocycles. The summed E-state index contributed by atoms with van der Waals surface area (Å²) in [5.74, 6) is 1.46. The molecule has 98 valence electrons. The van der Waals surface area contributed by atoms with E-state index in [1.54, 1.807) is 0 Å². The zero-order valence-electron chi connectivity index (χ0n) is 11.0. The van der Waals surface area contributed by atoms with Crippen LogP contribution in [0.2, 0.25) is 0 Å². The third kappa shape index (κ3) is 3.42. The van der Waals surface area contributed by atoms with Crippen molar-refractivity contribution in [3.8, 4) is 0 Å². The van der Waals surface area contributed by atoms with Crippen molar-refractivity contribution in [3.05, 3.63) is 0 Å². The molecule has 2 fully saturated rings. The highest BCUT2D eigenvalue weighted by Gasteiger charge is 2.32. The second-order valence-corrected chi connectivity index (χ2v) is 5.79. The Hall–Kier alpha value is -0.610. The molecule has 2 aliphatic rings. The molecule has 1 unspecified atom stereocenters. The minimum atomic E-state index is 0.0173. The molecule has 4 nitrogen and oxygen atoms in total. The summed E-state index contributed by atoms with van der Waals surface area (Å²) < 4.78 is 0. The van der Waals surface area contributed by atoms with Gasteiger partial charge in [0.15, 0.2) is 0 Å². The minimum absolute atomic E-state index is 0.0173. The summed E-state index contributed by atoms with van der Waals surface area (Å²) in [7, 11) is 0. The zero-order chi connectivity index (χ0) is 12.3. The van der Waals surface area contributed by atoms with E-state index < -0.39 is 0 Å². The van der Waals surface area contributed by atoms with Crippen molar-refractivity contribution in [2.45, 2.75) is 45.2 Å². The lowest BCUT2D eigenvalue weighted by Gasteiger charge is -2.38. The molecule has 2 heterocycles. The summed E-state index contributed by atoms with van der Waals surface area (Å²) in [6, 6.07) is 0.488. The predicted octanol–water partition coefficient (Wildman–Crippen LogP) is 0.489. The van der Waals surface area contributed by atoms with Crippen molar-refractivity contribution in [2.24, 2.45) is 11.8 Å². The first-order valence-electron chi connectivity index (χ1n) is 6.91. The number of hydrogen-bond donors (Lipinski definition) is 3. The van der Waals surface area contributed by atoms with E-state index in [2.05, 4.69) is 29.8 Å². The Morgan fingerprint density at radius 1 is 1.29 bits per heavy atom. The average Bonchev–Trinajstić information content (AvgIpc) is 2.32. The maximum Gasteiger partial charge on any atom is 0.237 e. The summed E-state index contributed by atoms with van der Waals surface area (Å²) in [6.45, 7) is 7.38. The molecule has 0 aliphatic carbocycles. The summed E-state index contributed by atoms with van der Waals surface area (Å²) in [4.78, 5) is 11.8. The summed E-state index contributed by atoms with van der Waals surface area (Å²) in [5.41, 5.74) is 0. The second-order valence-electron chi connectivity index (χ2n) is 5.79. The van der Waals surface area contributed by atoms with Gasteiger partial charge in [-0.15, -0.1) is 0 Å². The van der Waals surface area contributed by atoms with E-state index in [9.17, 15) is 4.79 Å². The molecule has 3 N–H and O–H groups in total. The van der Waals surface area contributed by atoms with Crippen molar-refractivity contribution in [2.75, 3.05) is 19.6 Å². The molecular formula is C13H25N3O. The number of piperazine rings is 1. The molecule has 2 atom stereocenters. The highest BCUT2D eigenvalue weighted by atomic mass is 16.2. The zero-order valence-corrected chi connectivity index (χ0v) is 11.0. The van der Waals surface area contributed by atoms with Crippen molar-refractivity contribution in [1.29, 1.82) is 0 Å². The number of nitrogens with one attached hydrogen (secondary N) is 3. The fourth-order valence-electron chi connectivity index (χ4n) is 2.92. The van der Waals surface area contributed by atoms with Gasteiger partial charge < -0.3 is 16.0 Å². The first-order valence-corrected chi connectivity index (χ1v) is 6.91. The molecule has 17 heavy (non-hydrogen) atoms. The van der Waals surface area contributed by atoms with Gasteiger partial charge in [0.05, 0.1) is 6.04 Å². The molecule has 0 radical (unpaired) electrons. The van der Waals surface area contributed by atoms with E-state index >= 15 is 0 Å². The first-order chi connectivity index (χ1) is 8.16. The van der Waals surface area contributed by atoms with Crippen LogP contribution >= 0.6 is 0 Å². The second kappa shape index (κ2) is 5.83. The molecule has 2 saturated heterocycles. The summed E-state index contributed by atoms with van der Waals surface area (Å²) in [6.07, 6.45) is 3.39. The van der Waals surface area contributed by atoms with Gasteiger partial charge in [-0.25, -0.2) is 0 Å². The van der Waals surface area contributed by atoms with E-state index in [1.165, 1.54) is 12.8 Å². The lowest BCUT2D eigenvalue weighted by atomic mass is 9.87. The fraction of sp³-hybridized carbons (Fsp3) is 0.923. The Morgan fingerprint density at radius 3 is 2.65 bits per heavy atom. The maximum absolute atomic E-state index is 11.8. The van der Waals surface area contributed by atoms with Gasteiger partial charge in [-0.3, -0.25) is 4.79 Å². The van der Waals surface area contributed by atoms with Crippen LogP contribution in [-0.4, -0.2) is 37.6 Å². The van der Waals surface area contributed by atoms with Crippen molar-refractivity contribution >= 4 is 5.91 Å². The fourth-order valence-corrected chi connectivity index (χ4v) is 2.92. The molecule has 1 amide bonds. The number of hydrogen-bond acceptors (Lipinski definition) is 3. The maximum atomic E-state index is 11.8. The quantitative estimate of drug-likeness (QED) is 0.672. The van der Waals surface area contributed by atoms with Gasteiger partial charge >= 0.3 is 0 Å². The van der Waals surface area contributed by atoms with E-state index in [0.29, 0.717) is 17.9 Å². The number of amides is 1. The Bertz CT molecular complexity index is 261. The Balaban J connectivity index is 1.89. The van der Waals surface area contributed by atoms with Crippen LogP contribution in [0.1, 0.15) is 33.1 Å². The molecule has 0 aromatic carbocycles. The molecule has 0 saturated carbocycles. The van der Waals surface area contributed by atoms with Crippen molar-refractivity contribution < 1.29 is 4.79 Å². The van der Waals surface area contributed by atoms with Crippen LogP contribution in [0.15, 0.2) is 0 Å². The number of carbonyl (C=O) groups excluding carboxylic acids is 1. The van der Waals surface area contributed by atoms with E-state index in [0.717, 1.165) is 26.1 Å². The van der Waals surface area contributed by atoms with Crippen LogP contribution in [0.25, 0.3) is 0 Å². The number of piperidine rings is 1. The van der Waals surface area contributed by atoms with E-state index in [-0.39, 0.29) is 11.9 Å². The third-order valence-corrected chi connectivity index (χ3v) is 3.89. The molecule has 0 spiro atoms. The Kier molecular flexibility index (Phi) is 4.40. The smallest absolute Gasteiger partial charge is 0.237 e. The Labute approximate surface area is 104 Å². The van der Waals surface area contributed by atoms with Crippen LogP contribution in [0, 0.1) is 11.8 Å². The highest BCUT2D eigenvalue weighted by Crippen LogP contribution is 2.19. The minimum Gasteiger partial charge on any atom is -0.353 e. The summed E-state index contributed by atoms with van der Waals surface area (Å²) in [5, 5.41) is 10.0. The van der Waals surface area contributed by atoms with E-state index in [1.807, 2.05) is 0 Å². The average molecular weight is 239 g/mol. The highest BCUT2D eigenvalue weighted by molar-refractivity contribution is 5.82. The van der Waals surface area contributed by atoms with Gasteiger partial charge in [0, 0.05) is 12.6 Å². The van der Waals surface area contributed by atoms with Crippen LogP contribution < -0.4 is 16.0 Å². The van der Waals surface area contributed by atoms with E-state index in [4.69, 9.17) is 0 Å². The van der Waals surface area contributed by atoms with Gasteiger partial charge in [-0.2, -0.15) is 0 Å². The molecule has 0 bridgehead atoms. The molecule has 0 aromatic heterocycles. The molecule has 0 aromatic rings. The molecular weight excluding hydrogens is 214 g/mol. The van der Waals surface area contributed by atoms with Gasteiger partial charge in [-0.1, -0.05) is 13.8 Å². The third-order valence-electron chi connectivity index (χ3n) is 3.89. The van der Waals surface area contributed by atoms with Crippen LogP contribution in [0.4, 0.5) is 0 Å². The number of carbonyl (C=O) groups is 1. The number of rotatable bonds is 3. The van der Waals surface area contributed by atoms with Gasteiger partial charge in [-0.05, 0) is 44.2 Å². The standard InChI is InChI=1S/C13H25N3O/c1-9(2)7-11-13(17)15-8-12(16-11)10-3-5-14-6-4-10/h9-12,14,16H,3-8H2,1-2H3,(H,15,17)/t11-,12?/m1/s1. The van der Waals surface area contributed by atoms with Crippen molar-refractivity contribution in [1.82, 2.24) is 16.0 Å². The van der Waals surface area contributed by atoms with Gasteiger partial charge in [0.25, 0.3) is 0 Å². The normalized spacial score (nSPS) is 31.6. The lowest BCUT2D eigenvalue weighted by molar-refractivity contribution is -0.125. The monoisotopic (exact) mass is 239 g/mol. The van der Waals surface area contributed by atoms with Crippen molar-refractivity contribution in [3.63, 3.8) is 0 Å². The predicted molar refractivity (Wildman–Crippen MR) is 68.8 cm³/mol. The topological polar surface area (TPSA) is 53.2 Å².